The van der Waals surface area contributed by atoms with E-state index in [0.29, 0.717) is 0 Å². The number of hydrogen-bond donors (Lipinski definition) is 0. The zero-order chi connectivity index (χ0) is 6.41. The van der Waals surface area contributed by atoms with Gasteiger partial charge in [0.25, 0.3) is 0 Å². The molecule has 0 aliphatic rings. The van der Waals surface area contributed by atoms with E-state index in [1.165, 1.54) is 25.7 Å². The molecule has 3 radical (unpaired) electrons. The molecular formula is C7H15Sn. The molecule has 0 rings (SSSR count). The molecular weight excluding hydrogens is 203 g/mol. The van der Waals surface area contributed by atoms with Crippen LogP contribution in [0.1, 0.15) is 39.5 Å². The van der Waals surface area contributed by atoms with E-state index in [-0.39, 0.29) is 0 Å². The molecule has 0 saturated carbocycles. The Morgan fingerprint density at radius 3 is 1.75 bits per heavy atom. The molecule has 0 N–H and O–H groups in total. The van der Waals surface area contributed by atoms with Gasteiger partial charge in [-0.3, -0.25) is 0 Å². The van der Waals surface area contributed by atoms with Crippen molar-refractivity contribution in [2.24, 2.45) is 0 Å². The van der Waals surface area contributed by atoms with E-state index in [9.17, 15) is 0 Å². The Hall–Kier alpha value is 0.799. The average Bonchev–Trinajstić information content (AvgIpc) is 1.68. The van der Waals surface area contributed by atoms with Gasteiger partial charge in [0, 0.05) is 0 Å². The van der Waals surface area contributed by atoms with E-state index < -0.39 is 0 Å². The van der Waals surface area contributed by atoms with Crippen LogP contribution >= 0.6 is 0 Å². The van der Waals surface area contributed by atoms with E-state index >= 15 is 0 Å². The number of hydrogen-bond acceptors (Lipinski definition) is 0. The second-order valence-electron chi connectivity index (χ2n) is 2.27. The molecule has 0 bridgehead atoms. The summed E-state index contributed by atoms with van der Waals surface area (Å²) in [6.07, 6.45) is 5.64. The predicted molar refractivity (Wildman–Crippen MR) is 39.3 cm³/mol. The van der Waals surface area contributed by atoms with Gasteiger partial charge in [0.1, 0.15) is 0 Å². The summed E-state index contributed by atoms with van der Waals surface area (Å²) in [6, 6.07) is 0. The first-order valence-electron chi connectivity index (χ1n) is 3.52. The van der Waals surface area contributed by atoms with Gasteiger partial charge in [-0.2, -0.15) is 0 Å². The molecule has 0 aromatic rings. The van der Waals surface area contributed by atoms with Crippen LogP contribution in [-0.4, -0.2) is 22.5 Å². The van der Waals surface area contributed by atoms with E-state index in [2.05, 4.69) is 13.8 Å². The molecule has 0 saturated heterocycles. The molecule has 0 fully saturated rings. The van der Waals surface area contributed by atoms with Gasteiger partial charge in [-0.05, 0) is 0 Å². The molecule has 0 aliphatic carbocycles. The van der Waals surface area contributed by atoms with Crippen molar-refractivity contribution in [3.63, 3.8) is 0 Å². The van der Waals surface area contributed by atoms with Crippen LogP contribution < -0.4 is 0 Å². The minimum absolute atomic E-state index is 1.05. The summed E-state index contributed by atoms with van der Waals surface area (Å²) < 4.78 is 1.05. The van der Waals surface area contributed by atoms with Crippen LogP contribution in [-0.2, 0) is 0 Å². The third-order valence-electron chi connectivity index (χ3n) is 1.27. The predicted octanol–water partition coefficient (Wildman–Crippen LogP) is 2.54. The van der Waals surface area contributed by atoms with Gasteiger partial charge in [-0.25, -0.2) is 0 Å². The van der Waals surface area contributed by atoms with Gasteiger partial charge >= 0.3 is 66.0 Å². The Morgan fingerprint density at radius 2 is 1.50 bits per heavy atom. The third kappa shape index (κ3) is 4.95. The van der Waals surface area contributed by atoms with Crippen molar-refractivity contribution in [2.45, 2.75) is 43.5 Å². The van der Waals surface area contributed by atoms with Gasteiger partial charge in [-0.1, -0.05) is 0 Å². The Labute approximate surface area is 66.1 Å². The summed E-state index contributed by atoms with van der Waals surface area (Å²) in [5, 5.41) is 0. The zero-order valence-electron chi connectivity index (χ0n) is 5.91. The standard InChI is InChI=1S/C7H15.Sn/c1-3-5-7-6-4-2;/h7H,3-6H2,1-2H3;. The van der Waals surface area contributed by atoms with E-state index in [4.69, 9.17) is 0 Å². The molecule has 0 aromatic heterocycles. The maximum absolute atomic E-state index is 2.27. The van der Waals surface area contributed by atoms with Crippen molar-refractivity contribution < 1.29 is 0 Å². The summed E-state index contributed by atoms with van der Waals surface area (Å²) >= 11 is 1.74. The maximum atomic E-state index is 2.27. The van der Waals surface area contributed by atoms with Crippen LogP contribution in [0.2, 0.25) is 3.93 Å². The molecule has 0 atom stereocenters. The Kier molecular flexibility index (Phi) is 6.52. The zero-order valence-corrected chi connectivity index (χ0v) is 8.76. The van der Waals surface area contributed by atoms with Gasteiger partial charge in [0.05, 0.1) is 0 Å². The van der Waals surface area contributed by atoms with Crippen molar-refractivity contribution in [1.82, 2.24) is 0 Å². The summed E-state index contributed by atoms with van der Waals surface area (Å²) in [7, 11) is 0. The third-order valence-corrected chi connectivity index (χ3v) is 2.92. The second-order valence-corrected chi connectivity index (χ2v) is 4.60. The summed E-state index contributed by atoms with van der Waals surface area (Å²) in [5.74, 6) is 0. The first kappa shape index (κ1) is 8.80. The molecule has 0 aromatic carbocycles. The van der Waals surface area contributed by atoms with Crippen molar-refractivity contribution >= 4 is 22.5 Å². The molecule has 8 heavy (non-hydrogen) atoms. The van der Waals surface area contributed by atoms with Crippen molar-refractivity contribution in [2.75, 3.05) is 0 Å². The van der Waals surface area contributed by atoms with Crippen LogP contribution in [0.5, 0.6) is 0 Å². The molecule has 0 spiro atoms. The fourth-order valence-corrected chi connectivity index (χ4v) is 2.49. The van der Waals surface area contributed by atoms with Crippen LogP contribution in [0.25, 0.3) is 0 Å². The van der Waals surface area contributed by atoms with Gasteiger partial charge < -0.3 is 0 Å². The first-order valence-corrected chi connectivity index (χ1v) is 5.17. The van der Waals surface area contributed by atoms with Gasteiger partial charge in [0.2, 0.25) is 0 Å². The van der Waals surface area contributed by atoms with Gasteiger partial charge in [0.15, 0.2) is 0 Å². The quantitative estimate of drug-likeness (QED) is 0.636. The van der Waals surface area contributed by atoms with Crippen LogP contribution in [0.3, 0.4) is 0 Å². The Bertz CT molecular complexity index is 37.7. The molecule has 0 unspecified atom stereocenters. The molecule has 0 amide bonds. The first-order chi connectivity index (χ1) is 3.81. The topological polar surface area (TPSA) is 0 Å². The monoisotopic (exact) mass is 219 g/mol. The fourth-order valence-electron chi connectivity index (χ4n) is 0.841. The SMILES string of the molecule is CCC[CH]([Sn])CCC. The molecule has 47 valence electrons. The van der Waals surface area contributed by atoms with Crippen molar-refractivity contribution in [1.29, 1.82) is 0 Å². The van der Waals surface area contributed by atoms with Crippen molar-refractivity contribution in [3.8, 4) is 0 Å². The van der Waals surface area contributed by atoms with Crippen LogP contribution in [0, 0.1) is 0 Å². The van der Waals surface area contributed by atoms with Crippen LogP contribution in [0.15, 0.2) is 0 Å². The minimum atomic E-state index is 1.05. The molecule has 0 heterocycles. The fraction of sp³-hybridized carbons (Fsp3) is 1.00. The van der Waals surface area contributed by atoms with Gasteiger partial charge in [-0.15, -0.1) is 0 Å². The van der Waals surface area contributed by atoms with Crippen molar-refractivity contribution in [3.05, 3.63) is 0 Å². The summed E-state index contributed by atoms with van der Waals surface area (Å²) in [6.45, 7) is 4.54. The summed E-state index contributed by atoms with van der Waals surface area (Å²) in [4.78, 5) is 0. The second kappa shape index (κ2) is 5.93. The van der Waals surface area contributed by atoms with Crippen LogP contribution in [0.4, 0.5) is 0 Å². The molecule has 0 aliphatic heterocycles. The Morgan fingerprint density at radius 1 is 1.12 bits per heavy atom. The number of rotatable bonds is 4. The molecule has 0 nitrogen and oxygen atoms in total. The normalized spacial score (nSPS) is 10.5. The average molecular weight is 218 g/mol. The van der Waals surface area contributed by atoms with E-state index in [1.807, 2.05) is 0 Å². The van der Waals surface area contributed by atoms with E-state index in [0.717, 1.165) is 3.93 Å². The van der Waals surface area contributed by atoms with E-state index in [1.54, 1.807) is 22.5 Å². The Balaban J connectivity index is 2.92. The summed E-state index contributed by atoms with van der Waals surface area (Å²) in [5.41, 5.74) is 0. The molecule has 1 heteroatoms.